The van der Waals surface area contributed by atoms with Crippen LogP contribution in [0.5, 0.6) is 0 Å². The van der Waals surface area contributed by atoms with Crippen LogP contribution in [0.25, 0.3) is 0 Å². The number of aromatic amines is 1. The second-order valence-corrected chi connectivity index (χ2v) is 9.41. The number of piperidine rings is 1. The topological polar surface area (TPSA) is 81.8 Å². The molecule has 3 N–H and O–H groups in total. The molecule has 1 aromatic carbocycles. The molecule has 0 spiro atoms. The quantitative estimate of drug-likeness (QED) is 0.434. The first-order chi connectivity index (χ1) is 15.3. The first-order valence-corrected chi connectivity index (χ1v) is 11.6. The van der Waals surface area contributed by atoms with Crippen molar-refractivity contribution in [3.05, 3.63) is 51.8 Å². The predicted octanol–water partition coefficient (Wildman–Crippen LogP) is 5.85. The third-order valence-corrected chi connectivity index (χ3v) is 6.53. The third-order valence-electron chi connectivity index (χ3n) is 6.26. The Hall–Kier alpha value is -2.64. The van der Waals surface area contributed by atoms with Crippen molar-refractivity contribution in [2.45, 2.75) is 59.4 Å². The highest BCUT2D eigenvalue weighted by atomic mass is 35.5. The molecule has 4 rings (SSSR count). The molecule has 32 heavy (non-hydrogen) atoms. The molecule has 0 saturated carbocycles. The molecule has 1 saturated heterocycles. The fourth-order valence-corrected chi connectivity index (χ4v) is 4.52. The van der Waals surface area contributed by atoms with Crippen LogP contribution in [0.3, 0.4) is 0 Å². The molecule has 0 amide bonds. The van der Waals surface area contributed by atoms with E-state index < -0.39 is 0 Å². The summed E-state index contributed by atoms with van der Waals surface area (Å²) >= 11 is 6.29. The Morgan fingerprint density at radius 3 is 2.47 bits per heavy atom. The maximum absolute atomic E-state index is 6.29. The van der Waals surface area contributed by atoms with Gasteiger partial charge in [0.1, 0.15) is 5.02 Å². The summed E-state index contributed by atoms with van der Waals surface area (Å²) < 4.78 is 0. The Morgan fingerprint density at radius 1 is 1.06 bits per heavy atom. The summed E-state index contributed by atoms with van der Waals surface area (Å²) in [4.78, 5) is 11.5. The Kier molecular flexibility index (Phi) is 6.67. The van der Waals surface area contributed by atoms with E-state index in [2.05, 4.69) is 75.5 Å². The van der Waals surface area contributed by atoms with Crippen molar-refractivity contribution in [3.8, 4) is 0 Å². The van der Waals surface area contributed by atoms with Gasteiger partial charge in [-0.2, -0.15) is 10.1 Å². The monoisotopic (exact) mass is 453 g/mol. The molecule has 1 aliphatic heterocycles. The number of halogens is 1. The van der Waals surface area contributed by atoms with Crippen LogP contribution in [0.2, 0.25) is 5.02 Å². The number of H-pyrrole nitrogens is 1. The van der Waals surface area contributed by atoms with Gasteiger partial charge in [-0.05, 0) is 89.2 Å². The van der Waals surface area contributed by atoms with Gasteiger partial charge in [-0.15, -0.1) is 0 Å². The molecule has 3 aromatic rings. The van der Waals surface area contributed by atoms with Crippen molar-refractivity contribution in [3.63, 3.8) is 0 Å². The number of nitrogens with zero attached hydrogens (tertiary/aromatic N) is 4. The first kappa shape index (κ1) is 22.6. The van der Waals surface area contributed by atoms with Gasteiger partial charge in [0.25, 0.3) is 0 Å². The fourth-order valence-electron chi connectivity index (χ4n) is 4.38. The fraction of sp³-hybridized carbons (Fsp3) is 0.458. The normalized spacial score (nSPS) is 15.3. The Balaban J connectivity index is 1.50. The zero-order chi connectivity index (χ0) is 22.8. The van der Waals surface area contributed by atoms with Gasteiger partial charge in [0.2, 0.25) is 5.95 Å². The van der Waals surface area contributed by atoms with Gasteiger partial charge in [-0.1, -0.05) is 17.7 Å². The van der Waals surface area contributed by atoms with Crippen LogP contribution in [0, 0.1) is 20.8 Å². The van der Waals surface area contributed by atoms with Crippen molar-refractivity contribution in [2.75, 3.05) is 23.7 Å². The summed E-state index contributed by atoms with van der Waals surface area (Å²) in [5, 5.41) is 14.0. The summed E-state index contributed by atoms with van der Waals surface area (Å²) in [7, 11) is 0. The molecule has 1 fully saturated rings. The number of aryl methyl sites for hydroxylation is 3. The van der Waals surface area contributed by atoms with E-state index in [0.717, 1.165) is 11.4 Å². The lowest BCUT2D eigenvalue weighted by Crippen LogP contribution is -2.37. The van der Waals surface area contributed by atoms with Crippen LogP contribution in [-0.2, 0) is 0 Å². The Morgan fingerprint density at radius 2 is 1.81 bits per heavy atom. The van der Waals surface area contributed by atoms with E-state index in [0.29, 0.717) is 34.6 Å². The molecule has 7 nitrogen and oxygen atoms in total. The van der Waals surface area contributed by atoms with E-state index in [1.807, 2.05) is 13.0 Å². The van der Waals surface area contributed by atoms with E-state index in [4.69, 9.17) is 11.6 Å². The Labute approximate surface area is 195 Å². The highest BCUT2D eigenvalue weighted by molar-refractivity contribution is 6.32. The molecule has 0 atom stereocenters. The average molecular weight is 454 g/mol. The maximum Gasteiger partial charge on any atom is 0.229 e. The number of anilines is 4. The molecule has 170 valence electrons. The van der Waals surface area contributed by atoms with Crippen LogP contribution in [0.1, 0.15) is 55.0 Å². The lowest BCUT2D eigenvalue weighted by molar-refractivity contribution is 0.171. The minimum absolute atomic E-state index is 0.437. The zero-order valence-electron chi connectivity index (χ0n) is 19.5. The van der Waals surface area contributed by atoms with Gasteiger partial charge in [-0.25, -0.2) is 4.98 Å². The molecule has 2 aromatic heterocycles. The van der Waals surface area contributed by atoms with Gasteiger partial charge in [0, 0.05) is 23.5 Å². The summed E-state index contributed by atoms with van der Waals surface area (Å²) in [6.45, 7) is 13.2. The highest BCUT2D eigenvalue weighted by Gasteiger charge is 2.23. The molecule has 8 heteroatoms. The van der Waals surface area contributed by atoms with Crippen LogP contribution in [-0.4, -0.2) is 44.2 Å². The predicted molar refractivity (Wildman–Crippen MR) is 132 cm³/mol. The van der Waals surface area contributed by atoms with E-state index in [9.17, 15) is 0 Å². The van der Waals surface area contributed by atoms with Crippen molar-refractivity contribution in [1.82, 2.24) is 25.1 Å². The largest absolute Gasteiger partial charge is 0.324 e. The number of nitrogens with one attached hydrogen (secondary N) is 3. The van der Waals surface area contributed by atoms with Gasteiger partial charge in [0.05, 0.1) is 6.20 Å². The zero-order valence-corrected chi connectivity index (χ0v) is 20.2. The standard InChI is InChI=1S/C24H32ClN7/c1-14(2)32-8-6-18(7-9-32)19-10-16(4)21(11-15(19)3)27-24-26-13-20(25)23(29-24)28-22-12-17(5)30-31-22/h10-14,18H,6-9H2,1-5H3,(H3,26,27,28,29,30,31). The van der Waals surface area contributed by atoms with Crippen LogP contribution >= 0.6 is 11.6 Å². The van der Waals surface area contributed by atoms with Crippen molar-refractivity contribution >= 4 is 34.9 Å². The van der Waals surface area contributed by atoms with Crippen molar-refractivity contribution in [1.29, 1.82) is 0 Å². The number of rotatable bonds is 6. The Bertz CT molecular complexity index is 1080. The van der Waals surface area contributed by atoms with E-state index >= 15 is 0 Å². The second-order valence-electron chi connectivity index (χ2n) is 9.00. The first-order valence-electron chi connectivity index (χ1n) is 11.2. The minimum atomic E-state index is 0.437. The maximum atomic E-state index is 6.29. The third kappa shape index (κ3) is 5.05. The number of aromatic nitrogens is 4. The summed E-state index contributed by atoms with van der Waals surface area (Å²) in [5.74, 6) is 2.29. The SMILES string of the molecule is Cc1cc(Nc2nc(Nc3cc(C)c(C4CCN(C(C)C)CC4)cc3C)ncc2Cl)n[nH]1. The number of hydrogen-bond donors (Lipinski definition) is 3. The van der Waals surface area contributed by atoms with Crippen LogP contribution < -0.4 is 10.6 Å². The van der Waals surface area contributed by atoms with Gasteiger partial charge in [-0.3, -0.25) is 5.10 Å². The summed E-state index contributed by atoms with van der Waals surface area (Å²) in [6, 6.07) is 7.06. The molecule has 0 radical (unpaired) electrons. The van der Waals surface area contributed by atoms with Gasteiger partial charge in [0.15, 0.2) is 11.6 Å². The highest BCUT2D eigenvalue weighted by Crippen LogP contribution is 2.34. The van der Waals surface area contributed by atoms with Crippen molar-refractivity contribution in [2.24, 2.45) is 0 Å². The molecular weight excluding hydrogens is 422 g/mol. The lowest BCUT2D eigenvalue weighted by atomic mass is 9.85. The molecule has 0 bridgehead atoms. The second kappa shape index (κ2) is 9.46. The van der Waals surface area contributed by atoms with E-state index in [1.54, 1.807) is 6.20 Å². The van der Waals surface area contributed by atoms with Crippen LogP contribution in [0.15, 0.2) is 24.4 Å². The van der Waals surface area contributed by atoms with E-state index in [-0.39, 0.29) is 0 Å². The number of benzene rings is 1. The van der Waals surface area contributed by atoms with Gasteiger partial charge >= 0.3 is 0 Å². The minimum Gasteiger partial charge on any atom is -0.324 e. The average Bonchev–Trinajstić information content (AvgIpc) is 3.17. The molecule has 0 aliphatic carbocycles. The lowest BCUT2D eigenvalue weighted by Gasteiger charge is -2.35. The smallest absolute Gasteiger partial charge is 0.229 e. The van der Waals surface area contributed by atoms with Crippen LogP contribution in [0.4, 0.5) is 23.3 Å². The number of hydrogen-bond acceptors (Lipinski definition) is 6. The molecule has 1 aliphatic rings. The summed E-state index contributed by atoms with van der Waals surface area (Å²) in [5.41, 5.74) is 5.92. The van der Waals surface area contributed by atoms with E-state index in [1.165, 1.54) is 42.6 Å². The molecule has 3 heterocycles. The van der Waals surface area contributed by atoms with Gasteiger partial charge < -0.3 is 15.5 Å². The molecule has 0 unspecified atom stereocenters. The number of likely N-dealkylation sites (tertiary alicyclic amines) is 1. The van der Waals surface area contributed by atoms with Crippen molar-refractivity contribution < 1.29 is 0 Å². The summed E-state index contributed by atoms with van der Waals surface area (Å²) in [6.07, 6.45) is 4.03. The molecular formula is C24H32ClN7.